The van der Waals surface area contributed by atoms with Gasteiger partial charge in [-0.3, -0.25) is 0 Å². The van der Waals surface area contributed by atoms with E-state index in [0.717, 1.165) is 0 Å². The van der Waals surface area contributed by atoms with Crippen LogP contribution in [0.5, 0.6) is 0 Å². The van der Waals surface area contributed by atoms with Crippen molar-refractivity contribution in [3.05, 3.63) is 16.6 Å². The van der Waals surface area contributed by atoms with Gasteiger partial charge in [-0.15, -0.1) is 23.7 Å². The molecule has 10 heavy (non-hydrogen) atoms. The van der Waals surface area contributed by atoms with Gasteiger partial charge in [-0.05, 0) is 0 Å². The first-order valence-electron chi connectivity index (χ1n) is 2.84. The van der Waals surface area contributed by atoms with E-state index in [9.17, 15) is 5.11 Å². The molecule has 1 rings (SSSR count). The first-order chi connectivity index (χ1) is 4.84. The zero-order valence-electron chi connectivity index (χ0n) is 5.32. The van der Waals surface area contributed by atoms with Crippen molar-refractivity contribution in [3.63, 3.8) is 0 Å². The molecule has 0 bridgehead atoms. The van der Waals surface area contributed by atoms with Crippen LogP contribution in [-0.4, -0.2) is 10.1 Å². The Kier molecular flexibility index (Phi) is 2.43. The molecule has 0 aliphatic carbocycles. The summed E-state index contributed by atoms with van der Waals surface area (Å²) in [5, 5.41) is 11.0. The monoisotopic (exact) mass is 153 g/mol. The molecule has 0 fully saturated rings. The lowest BCUT2D eigenvalue weighted by Crippen LogP contribution is -1.94. The van der Waals surface area contributed by atoms with Crippen LogP contribution in [0.3, 0.4) is 0 Å². The lowest BCUT2D eigenvalue weighted by Gasteiger charge is -1.99. The van der Waals surface area contributed by atoms with E-state index < -0.39 is 6.10 Å². The second-order valence-corrected chi connectivity index (χ2v) is 2.56. The Balaban J connectivity index is 2.61. The van der Waals surface area contributed by atoms with Gasteiger partial charge >= 0.3 is 0 Å². The van der Waals surface area contributed by atoms with Gasteiger partial charge in [0.25, 0.3) is 0 Å². The fourth-order valence-corrected chi connectivity index (χ4v) is 1.20. The molecule has 0 spiro atoms. The predicted octanol–water partition coefficient (Wildman–Crippen LogP) is 1.20. The Morgan fingerprint density at radius 1 is 1.90 bits per heavy atom. The molecule has 0 aliphatic heterocycles. The average Bonchev–Trinajstić information content (AvgIpc) is 2.38. The number of terminal acetylenes is 1. The summed E-state index contributed by atoms with van der Waals surface area (Å²) in [5.41, 5.74) is 2.35. The van der Waals surface area contributed by atoms with Gasteiger partial charge in [0.15, 0.2) is 0 Å². The Hall–Kier alpha value is -0.850. The molecule has 52 valence electrons. The summed E-state index contributed by atoms with van der Waals surface area (Å²) in [7, 11) is 0. The fourth-order valence-electron chi connectivity index (χ4n) is 0.603. The summed E-state index contributed by atoms with van der Waals surface area (Å²) in [6.45, 7) is 0. The molecule has 0 radical (unpaired) electrons. The van der Waals surface area contributed by atoms with Crippen LogP contribution < -0.4 is 0 Å². The van der Waals surface area contributed by atoms with Crippen LogP contribution in [0.2, 0.25) is 0 Å². The minimum atomic E-state index is -0.587. The van der Waals surface area contributed by atoms with Crippen LogP contribution in [0.4, 0.5) is 0 Å². The lowest BCUT2D eigenvalue weighted by atomic mass is 10.2. The maximum Gasteiger partial charge on any atom is 0.108 e. The van der Waals surface area contributed by atoms with Crippen molar-refractivity contribution >= 4 is 11.3 Å². The first-order valence-corrected chi connectivity index (χ1v) is 3.78. The smallest absolute Gasteiger partial charge is 0.108 e. The van der Waals surface area contributed by atoms with Gasteiger partial charge in [0.05, 0.1) is 11.2 Å². The summed E-state index contributed by atoms with van der Waals surface area (Å²) >= 11 is 1.45. The van der Waals surface area contributed by atoms with Crippen molar-refractivity contribution in [1.29, 1.82) is 0 Å². The van der Waals surface area contributed by atoms with Crippen molar-refractivity contribution in [2.24, 2.45) is 0 Å². The van der Waals surface area contributed by atoms with Crippen molar-refractivity contribution in [3.8, 4) is 12.3 Å². The maximum absolute atomic E-state index is 9.21. The quantitative estimate of drug-likeness (QED) is 0.647. The number of aliphatic hydroxyl groups is 1. The Morgan fingerprint density at radius 2 is 2.70 bits per heavy atom. The zero-order valence-corrected chi connectivity index (χ0v) is 6.14. The molecule has 0 aromatic carbocycles. The highest BCUT2D eigenvalue weighted by Crippen LogP contribution is 2.14. The SMILES string of the molecule is C#CCC(O)c1cscn1. The molecule has 0 aliphatic rings. The fraction of sp³-hybridized carbons (Fsp3) is 0.286. The zero-order chi connectivity index (χ0) is 7.40. The normalized spacial score (nSPS) is 12.4. The van der Waals surface area contributed by atoms with Gasteiger partial charge < -0.3 is 5.11 Å². The standard InChI is InChI=1S/C7H7NOS/c1-2-3-7(9)6-4-10-5-8-6/h1,4-5,7,9H,3H2. The van der Waals surface area contributed by atoms with E-state index in [4.69, 9.17) is 6.42 Å². The van der Waals surface area contributed by atoms with Crippen LogP contribution in [0, 0.1) is 12.3 Å². The second-order valence-electron chi connectivity index (χ2n) is 1.84. The minimum absolute atomic E-state index is 0.337. The molecule has 1 N–H and O–H groups in total. The molecule has 1 atom stereocenters. The van der Waals surface area contributed by atoms with E-state index >= 15 is 0 Å². The number of hydrogen-bond acceptors (Lipinski definition) is 3. The van der Waals surface area contributed by atoms with Crippen LogP contribution in [0.25, 0.3) is 0 Å². The number of rotatable bonds is 2. The third-order valence-corrected chi connectivity index (χ3v) is 1.71. The number of aromatic nitrogens is 1. The van der Waals surface area contributed by atoms with E-state index in [1.54, 1.807) is 10.9 Å². The van der Waals surface area contributed by atoms with Gasteiger partial charge in [0.2, 0.25) is 0 Å². The Bertz CT molecular complexity index is 224. The van der Waals surface area contributed by atoms with Crippen molar-refractivity contribution in [1.82, 2.24) is 4.98 Å². The van der Waals surface area contributed by atoms with E-state index in [0.29, 0.717) is 12.1 Å². The molecular weight excluding hydrogens is 146 g/mol. The second kappa shape index (κ2) is 3.35. The molecule has 1 unspecified atom stereocenters. The molecule has 3 heteroatoms. The van der Waals surface area contributed by atoms with E-state index in [1.807, 2.05) is 0 Å². The molecule has 0 amide bonds. The van der Waals surface area contributed by atoms with Crippen molar-refractivity contribution < 1.29 is 5.11 Å². The molecule has 2 nitrogen and oxygen atoms in total. The third kappa shape index (κ3) is 1.56. The van der Waals surface area contributed by atoms with E-state index in [2.05, 4.69) is 10.9 Å². The van der Waals surface area contributed by atoms with Crippen molar-refractivity contribution in [2.75, 3.05) is 0 Å². The summed E-state index contributed by atoms with van der Waals surface area (Å²) in [6, 6.07) is 0. The lowest BCUT2D eigenvalue weighted by molar-refractivity contribution is 0.180. The number of thiazole rings is 1. The highest BCUT2D eigenvalue weighted by Gasteiger charge is 2.05. The summed E-state index contributed by atoms with van der Waals surface area (Å²) in [6.07, 6.45) is 4.75. The first kappa shape index (κ1) is 7.26. The molecule has 1 heterocycles. The third-order valence-electron chi connectivity index (χ3n) is 1.10. The van der Waals surface area contributed by atoms with Gasteiger partial charge in [0.1, 0.15) is 6.10 Å². The van der Waals surface area contributed by atoms with Gasteiger partial charge in [-0.2, -0.15) is 0 Å². The van der Waals surface area contributed by atoms with E-state index in [1.165, 1.54) is 11.3 Å². The van der Waals surface area contributed by atoms with Crippen molar-refractivity contribution in [2.45, 2.75) is 12.5 Å². The molecule has 0 saturated heterocycles. The Labute approximate surface area is 63.5 Å². The predicted molar refractivity (Wildman–Crippen MR) is 40.5 cm³/mol. The van der Waals surface area contributed by atoms with Crippen LogP contribution in [-0.2, 0) is 0 Å². The van der Waals surface area contributed by atoms with Crippen LogP contribution >= 0.6 is 11.3 Å². The molecule has 1 aromatic rings. The number of nitrogens with zero attached hydrogens (tertiary/aromatic N) is 1. The van der Waals surface area contributed by atoms with Gasteiger partial charge in [-0.1, -0.05) is 0 Å². The Morgan fingerprint density at radius 3 is 3.20 bits per heavy atom. The van der Waals surface area contributed by atoms with Gasteiger partial charge in [0, 0.05) is 11.8 Å². The molecule has 0 saturated carbocycles. The summed E-state index contributed by atoms with van der Waals surface area (Å²) < 4.78 is 0. The number of aliphatic hydroxyl groups excluding tert-OH is 1. The van der Waals surface area contributed by atoms with Crippen LogP contribution in [0.15, 0.2) is 10.9 Å². The highest BCUT2D eigenvalue weighted by molar-refractivity contribution is 7.07. The summed E-state index contributed by atoms with van der Waals surface area (Å²) in [5.74, 6) is 2.37. The van der Waals surface area contributed by atoms with Crippen LogP contribution in [0.1, 0.15) is 18.2 Å². The minimum Gasteiger partial charge on any atom is -0.386 e. The largest absolute Gasteiger partial charge is 0.386 e. The molecular formula is C7H7NOS. The number of hydrogen-bond donors (Lipinski definition) is 1. The average molecular weight is 153 g/mol. The molecule has 1 aromatic heterocycles. The van der Waals surface area contributed by atoms with E-state index in [-0.39, 0.29) is 0 Å². The van der Waals surface area contributed by atoms with Gasteiger partial charge in [-0.25, -0.2) is 4.98 Å². The highest BCUT2D eigenvalue weighted by atomic mass is 32.1. The topological polar surface area (TPSA) is 33.1 Å². The maximum atomic E-state index is 9.21. The summed E-state index contributed by atoms with van der Waals surface area (Å²) in [4.78, 5) is 3.91.